The molecule has 0 saturated carbocycles. The minimum atomic E-state index is -0.952. The first-order valence-electron chi connectivity index (χ1n) is 6.77. The Bertz CT molecular complexity index is 537. The summed E-state index contributed by atoms with van der Waals surface area (Å²) in [6.45, 7) is 2.73. The van der Waals surface area contributed by atoms with Crippen LogP contribution in [0.1, 0.15) is 23.7 Å². The van der Waals surface area contributed by atoms with E-state index < -0.39 is 17.9 Å². The van der Waals surface area contributed by atoms with Gasteiger partial charge in [0.2, 0.25) is 0 Å². The molecule has 1 N–H and O–H groups in total. The molecule has 21 heavy (non-hydrogen) atoms. The van der Waals surface area contributed by atoms with E-state index in [1.165, 1.54) is 12.4 Å². The molecule has 1 aromatic rings. The molecule has 2 heterocycles. The predicted octanol–water partition coefficient (Wildman–Crippen LogP) is 1.69. The summed E-state index contributed by atoms with van der Waals surface area (Å²) in [6, 6.07) is 1.07. The molecular formula is C14H17ClN2O4. The van der Waals surface area contributed by atoms with Gasteiger partial charge in [0.1, 0.15) is 5.92 Å². The van der Waals surface area contributed by atoms with E-state index in [1.807, 2.05) is 6.92 Å². The molecule has 6 nitrogen and oxygen atoms in total. The molecule has 0 spiro atoms. The molecule has 1 amide bonds. The first-order valence-corrected chi connectivity index (χ1v) is 7.15. The normalized spacial score (nSPS) is 21.2. The number of hydrogen-bond acceptors (Lipinski definition) is 4. The zero-order valence-corrected chi connectivity index (χ0v) is 12.4. The minimum Gasteiger partial charge on any atom is -0.481 e. The number of amides is 1. The number of halogens is 1. The van der Waals surface area contributed by atoms with E-state index in [0.29, 0.717) is 12.1 Å². The van der Waals surface area contributed by atoms with Gasteiger partial charge in [0, 0.05) is 18.9 Å². The van der Waals surface area contributed by atoms with Gasteiger partial charge in [-0.25, -0.2) is 0 Å². The van der Waals surface area contributed by atoms with Crippen LogP contribution in [0.15, 0.2) is 18.5 Å². The zero-order chi connectivity index (χ0) is 15.4. The van der Waals surface area contributed by atoms with Crippen LogP contribution in [0.5, 0.6) is 0 Å². The fourth-order valence-corrected chi connectivity index (χ4v) is 2.65. The van der Waals surface area contributed by atoms with Crippen molar-refractivity contribution >= 4 is 23.5 Å². The van der Waals surface area contributed by atoms with E-state index in [4.69, 9.17) is 16.3 Å². The highest BCUT2D eigenvalue weighted by Crippen LogP contribution is 2.24. The van der Waals surface area contributed by atoms with Crippen molar-refractivity contribution in [2.75, 3.05) is 19.8 Å². The van der Waals surface area contributed by atoms with Crippen LogP contribution in [-0.2, 0) is 9.53 Å². The molecule has 0 bridgehead atoms. The van der Waals surface area contributed by atoms with Crippen LogP contribution < -0.4 is 0 Å². The van der Waals surface area contributed by atoms with Crippen LogP contribution in [-0.4, -0.2) is 52.7 Å². The van der Waals surface area contributed by atoms with Crippen LogP contribution in [0.2, 0.25) is 5.02 Å². The van der Waals surface area contributed by atoms with Crippen molar-refractivity contribution in [1.29, 1.82) is 0 Å². The average molecular weight is 313 g/mol. The fourth-order valence-electron chi connectivity index (χ4n) is 2.45. The first-order chi connectivity index (χ1) is 10.1. The lowest BCUT2D eigenvalue weighted by molar-refractivity contribution is -0.142. The molecule has 1 aliphatic heterocycles. The van der Waals surface area contributed by atoms with Crippen LogP contribution >= 0.6 is 11.6 Å². The van der Waals surface area contributed by atoms with Gasteiger partial charge in [-0.05, 0) is 12.5 Å². The van der Waals surface area contributed by atoms with Crippen LogP contribution in [0, 0.1) is 5.92 Å². The highest BCUT2D eigenvalue weighted by molar-refractivity contribution is 6.33. The lowest BCUT2D eigenvalue weighted by Gasteiger charge is -2.30. The second kappa shape index (κ2) is 6.87. The van der Waals surface area contributed by atoms with Gasteiger partial charge in [0.25, 0.3) is 5.91 Å². The maximum absolute atomic E-state index is 12.7. The number of nitrogens with zero attached hydrogens (tertiary/aromatic N) is 2. The molecule has 7 heteroatoms. The van der Waals surface area contributed by atoms with E-state index in [-0.39, 0.29) is 24.1 Å². The largest absolute Gasteiger partial charge is 0.481 e. The summed E-state index contributed by atoms with van der Waals surface area (Å²) in [4.78, 5) is 29.4. The van der Waals surface area contributed by atoms with Gasteiger partial charge in [0.05, 0.1) is 29.8 Å². The number of carboxylic acid groups (broad SMARTS) is 1. The molecule has 1 aromatic heterocycles. The van der Waals surface area contributed by atoms with E-state index in [2.05, 4.69) is 4.98 Å². The third-order valence-corrected chi connectivity index (χ3v) is 3.80. The Hall–Kier alpha value is -1.66. The zero-order valence-electron chi connectivity index (χ0n) is 11.7. The Labute approximate surface area is 127 Å². The molecule has 0 aromatic carbocycles. The molecule has 1 saturated heterocycles. The second-order valence-electron chi connectivity index (χ2n) is 4.90. The summed E-state index contributed by atoms with van der Waals surface area (Å²) >= 11 is 6.01. The van der Waals surface area contributed by atoms with Crippen molar-refractivity contribution in [1.82, 2.24) is 9.88 Å². The van der Waals surface area contributed by atoms with Crippen LogP contribution in [0.25, 0.3) is 0 Å². The number of aliphatic carboxylic acids is 1. The van der Waals surface area contributed by atoms with E-state index in [9.17, 15) is 14.7 Å². The number of rotatable bonds is 5. The Morgan fingerprint density at radius 2 is 2.29 bits per heavy atom. The molecule has 1 aliphatic rings. The maximum atomic E-state index is 12.7. The summed E-state index contributed by atoms with van der Waals surface area (Å²) in [7, 11) is 0. The molecule has 1 fully saturated rings. The second-order valence-corrected chi connectivity index (χ2v) is 5.31. The monoisotopic (exact) mass is 312 g/mol. The van der Waals surface area contributed by atoms with Crippen molar-refractivity contribution in [3.63, 3.8) is 0 Å². The third-order valence-electron chi connectivity index (χ3n) is 3.50. The van der Waals surface area contributed by atoms with Crippen molar-refractivity contribution in [3.05, 3.63) is 29.0 Å². The Kier molecular flexibility index (Phi) is 5.14. The van der Waals surface area contributed by atoms with E-state index in [1.54, 1.807) is 11.0 Å². The lowest BCUT2D eigenvalue weighted by atomic mass is 10.0. The average Bonchev–Trinajstić information content (AvgIpc) is 2.94. The highest BCUT2D eigenvalue weighted by atomic mass is 35.5. The summed E-state index contributed by atoms with van der Waals surface area (Å²) in [5.74, 6) is -1.95. The minimum absolute atomic E-state index is 0.123. The van der Waals surface area contributed by atoms with E-state index in [0.717, 1.165) is 6.42 Å². The lowest BCUT2D eigenvalue weighted by Crippen LogP contribution is -2.47. The maximum Gasteiger partial charge on any atom is 0.311 e. The number of hydrogen-bond donors (Lipinski definition) is 1. The molecule has 114 valence electrons. The molecule has 2 unspecified atom stereocenters. The number of carbonyl (C=O) groups is 2. The van der Waals surface area contributed by atoms with Crippen molar-refractivity contribution in [2.45, 2.75) is 19.4 Å². The van der Waals surface area contributed by atoms with E-state index >= 15 is 0 Å². The standard InChI is InChI=1S/C14H17ClN2O4/c1-2-5-17(12-8-21-7-10(12)14(19)20)13(18)9-3-4-16-6-11(9)15/h3-4,6,10,12H,2,5,7-8H2,1H3,(H,19,20). The highest BCUT2D eigenvalue weighted by Gasteiger charge is 2.40. The first kappa shape index (κ1) is 15.7. The van der Waals surface area contributed by atoms with Gasteiger partial charge >= 0.3 is 5.97 Å². The summed E-state index contributed by atoms with van der Waals surface area (Å²) in [5, 5.41) is 9.51. The topological polar surface area (TPSA) is 79.7 Å². The predicted molar refractivity (Wildman–Crippen MR) is 76.3 cm³/mol. The van der Waals surface area contributed by atoms with Gasteiger partial charge in [-0.15, -0.1) is 0 Å². The van der Waals surface area contributed by atoms with Crippen LogP contribution in [0.4, 0.5) is 0 Å². The van der Waals surface area contributed by atoms with Crippen molar-refractivity contribution in [3.8, 4) is 0 Å². The van der Waals surface area contributed by atoms with Gasteiger partial charge in [-0.1, -0.05) is 18.5 Å². The van der Waals surface area contributed by atoms with Gasteiger partial charge in [-0.3, -0.25) is 14.6 Å². The molecule has 2 atom stereocenters. The molecule has 0 radical (unpaired) electrons. The van der Waals surface area contributed by atoms with Crippen LogP contribution in [0.3, 0.4) is 0 Å². The van der Waals surface area contributed by atoms with Gasteiger partial charge in [0.15, 0.2) is 0 Å². The van der Waals surface area contributed by atoms with Crippen molar-refractivity contribution in [2.24, 2.45) is 5.92 Å². The SMILES string of the molecule is CCCN(C(=O)c1ccncc1Cl)C1COCC1C(=O)O. The summed E-state index contributed by atoms with van der Waals surface area (Å²) in [5.41, 5.74) is 0.330. The van der Waals surface area contributed by atoms with Gasteiger partial charge in [-0.2, -0.15) is 0 Å². The van der Waals surface area contributed by atoms with Gasteiger partial charge < -0.3 is 14.7 Å². The summed E-state index contributed by atoms with van der Waals surface area (Å²) < 4.78 is 5.25. The summed E-state index contributed by atoms with van der Waals surface area (Å²) in [6.07, 6.45) is 3.61. The Morgan fingerprint density at radius 1 is 1.52 bits per heavy atom. The third kappa shape index (κ3) is 3.33. The Morgan fingerprint density at radius 3 is 2.90 bits per heavy atom. The Balaban J connectivity index is 2.28. The quantitative estimate of drug-likeness (QED) is 0.895. The molecule has 2 rings (SSSR count). The smallest absolute Gasteiger partial charge is 0.311 e. The number of carbonyl (C=O) groups excluding carboxylic acids is 1. The molecular weight excluding hydrogens is 296 g/mol. The fraction of sp³-hybridized carbons (Fsp3) is 0.500. The number of ether oxygens (including phenoxy) is 1. The van der Waals surface area contributed by atoms with Crippen molar-refractivity contribution < 1.29 is 19.4 Å². The molecule has 0 aliphatic carbocycles. The number of pyridine rings is 1. The number of carboxylic acids is 1. The number of aromatic nitrogens is 1.